The van der Waals surface area contributed by atoms with E-state index in [4.69, 9.17) is 9.79 Å². The van der Waals surface area contributed by atoms with E-state index in [0.717, 1.165) is 32.3 Å². The molecule has 4 rings (SSSR count). The summed E-state index contributed by atoms with van der Waals surface area (Å²) in [5.74, 6) is -0.685. The SMILES string of the molecule is O=P(O)(O)OP(=O)(O)OCCS(=O)(=O)c1cc2ccc3cccc4ccc(c1)c2c34. The minimum absolute atomic E-state index is 0.000611. The Morgan fingerprint density at radius 3 is 1.83 bits per heavy atom. The van der Waals surface area contributed by atoms with Gasteiger partial charge in [0.25, 0.3) is 0 Å². The fourth-order valence-corrected chi connectivity index (χ4v) is 6.30. The van der Waals surface area contributed by atoms with Crippen molar-refractivity contribution in [3.05, 3.63) is 54.6 Å². The van der Waals surface area contributed by atoms with E-state index in [-0.39, 0.29) is 4.90 Å². The van der Waals surface area contributed by atoms with Crippen LogP contribution in [0.1, 0.15) is 0 Å². The zero-order valence-corrected chi connectivity index (χ0v) is 17.8. The number of rotatable bonds is 7. The Morgan fingerprint density at radius 1 is 0.800 bits per heavy atom. The molecule has 0 aliphatic heterocycles. The Labute approximate surface area is 171 Å². The second-order valence-corrected chi connectivity index (χ2v) is 11.6. The molecule has 0 saturated heterocycles. The van der Waals surface area contributed by atoms with Crippen molar-refractivity contribution < 1.29 is 41.1 Å². The molecule has 0 radical (unpaired) electrons. The van der Waals surface area contributed by atoms with E-state index in [0.29, 0.717) is 0 Å². The van der Waals surface area contributed by atoms with Crippen LogP contribution in [0.4, 0.5) is 0 Å². The van der Waals surface area contributed by atoms with Gasteiger partial charge in [0, 0.05) is 0 Å². The van der Waals surface area contributed by atoms with Crippen LogP contribution in [0, 0.1) is 0 Å². The van der Waals surface area contributed by atoms with Gasteiger partial charge < -0.3 is 14.7 Å². The summed E-state index contributed by atoms with van der Waals surface area (Å²) < 4.78 is 55.6. The lowest BCUT2D eigenvalue weighted by atomic mass is 9.94. The number of sulfone groups is 1. The average molecular weight is 470 g/mol. The Morgan fingerprint density at radius 2 is 1.30 bits per heavy atom. The Bertz CT molecular complexity index is 1400. The second kappa shape index (κ2) is 7.37. The number of hydrogen-bond acceptors (Lipinski definition) is 6. The van der Waals surface area contributed by atoms with E-state index in [9.17, 15) is 22.4 Å². The first kappa shape index (κ1) is 21.4. The maximum absolute atomic E-state index is 12.7. The van der Waals surface area contributed by atoms with Crippen LogP contribution in [-0.4, -0.2) is 35.5 Å². The summed E-state index contributed by atoms with van der Waals surface area (Å²) in [5, 5.41) is 5.52. The van der Waals surface area contributed by atoms with Gasteiger partial charge >= 0.3 is 15.6 Å². The summed E-state index contributed by atoms with van der Waals surface area (Å²) in [6.07, 6.45) is 0. The molecular weight excluding hydrogens is 454 g/mol. The molecule has 0 fully saturated rings. The summed E-state index contributed by atoms with van der Waals surface area (Å²) in [7, 11) is -14.3. The van der Waals surface area contributed by atoms with Crippen molar-refractivity contribution in [3.63, 3.8) is 0 Å². The van der Waals surface area contributed by atoms with Crippen molar-refractivity contribution in [2.45, 2.75) is 4.90 Å². The summed E-state index contributed by atoms with van der Waals surface area (Å²) >= 11 is 0. The first-order valence-corrected chi connectivity index (χ1v) is 13.3. The third-order valence-corrected chi connectivity index (χ3v) is 8.46. The molecule has 3 N–H and O–H groups in total. The highest BCUT2D eigenvalue weighted by molar-refractivity contribution is 7.91. The van der Waals surface area contributed by atoms with E-state index in [1.54, 1.807) is 0 Å². The molecule has 0 aliphatic rings. The zero-order chi connectivity index (χ0) is 21.7. The molecule has 0 bridgehead atoms. The van der Waals surface area contributed by atoms with Crippen molar-refractivity contribution >= 4 is 57.8 Å². The van der Waals surface area contributed by atoms with Crippen LogP contribution in [0.3, 0.4) is 0 Å². The van der Waals surface area contributed by atoms with Gasteiger partial charge in [-0.3, -0.25) is 4.52 Å². The molecule has 4 aromatic carbocycles. The highest BCUT2D eigenvalue weighted by atomic mass is 32.2. The van der Waals surface area contributed by atoms with Crippen molar-refractivity contribution in [1.82, 2.24) is 0 Å². The number of phosphoric ester groups is 1. The van der Waals surface area contributed by atoms with Gasteiger partial charge in [-0.05, 0) is 44.5 Å². The van der Waals surface area contributed by atoms with Crippen LogP contribution < -0.4 is 0 Å². The van der Waals surface area contributed by atoms with Gasteiger partial charge in [0.05, 0.1) is 17.3 Å². The van der Waals surface area contributed by atoms with Crippen molar-refractivity contribution in [3.8, 4) is 0 Å². The van der Waals surface area contributed by atoms with Crippen molar-refractivity contribution in [1.29, 1.82) is 0 Å². The zero-order valence-electron chi connectivity index (χ0n) is 15.2. The maximum Gasteiger partial charge on any atom is 0.481 e. The van der Waals surface area contributed by atoms with Crippen LogP contribution in [-0.2, 0) is 27.8 Å². The first-order chi connectivity index (χ1) is 14.0. The average Bonchev–Trinajstić information content (AvgIpc) is 2.63. The van der Waals surface area contributed by atoms with Crippen molar-refractivity contribution in [2.75, 3.05) is 12.4 Å². The molecule has 9 nitrogen and oxygen atoms in total. The van der Waals surface area contributed by atoms with Gasteiger partial charge in [-0.1, -0.05) is 42.5 Å². The summed E-state index contributed by atoms with van der Waals surface area (Å²) in [5.41, 5.74) is 0. The standard InChI is InChI=1S/C18H16O9P2S/c19-28(20,21)27-29(22,23)26-8-9-30(24,25)16-10-14-6-4-12-2-1-3-13-5-7-15(11-16)18(14)17(12)13/h1-7,10-11H,8-9H2,(H,22,23)(H2,19,20,21). The van der Waals surface area contributed by atoms with E-state index in [1.165, 1.54) is 12.1 Å². The topological polar surface area (TPSA) is 147 Å². The van der Waals surface area contributed by atoms with Gasteiger partial charge in [-0.2, -0.15) is 4.31 Å². The Balaban J connectivity index is 1.65. The Kier molecular flexibility index (Phi) is 5.25. The molecule has 0 saturated carbocycles. The molecule has 0 amide bonds. The van der Waals surface area contributed by atoms with Crippen molar-refractivity contribution in [2.24, 2.45) is 0 Å². The number of hydrogen-bond donors (Lipinski definition) is 3. The van der Waals surface area contributed by atoms with E-state index < -0.39 is 37.8 Å². The molecule has 158 valence electrons. The van der Waals surface area contributed by atoms with E-state index >= 15 is 0 Å². The highest BCUT2D eigenvalue weighted by Crippen LogP contribution is 2.57. The monoisotopic (exact) mass is 470 g/mol. The molecule has 0 aliphatic carbocycles. The van der Waals surface area contributed by atoms with Gasteiger partial charge in [0.1, 0.15) is 0 Å². The molecular formula is C18H16O9P2S. The van der Waals surface area contributed by atoms with Crippen LogP contribution in [0.5, 0.6) is 0 Å². The lowest BCUT2D eigenvalue weighted by molar-refractivity contribution is 0.185. The molecule has 1 unspecified atom stereocenters. The fourth-order valence-electron chi connectivity index (χ4n) is 3.44. The molecule has 12 heteroatoms. The summed E-state index contributed by atoms with van der Waals surface area (Å²) in [4.78, 5) is 26.4. The molecule has 1 atom stereocenters. The fraction of sp³-hybridized carbons (Fsp3) is 0.111. The molecule has 30 heavy (non-hydrogen) atoms. The maximum atomic E-state index is 12.7. The van der Waals surface area contributed by atoms with Crippen LogP contribution in [0.2, 0.25) is 0 Å². The summed E-state index contributed by atoms with van der Waals surface area (Å²) in [6.45, 7) is -0.790. The molecule has 0 heterocycles. The number of phosphoric acid groups is 2. The van der Waals surface area contributed by atoms with Crippen LogP contribution in [0.15, 0.2) is 59.5 Å². The lowest BCUT2D eigenvalue weighted by Crippen LogP contribution is -2.12. The highest BCUT2D eigenvalue weighted by Gasteiger charge is 2.32. The first-order valence-electron chi connectivity index (χ1n) is 8.60. The summed E-state index contributed by atoms with van der Waals surface area (Å²) in [6, 6.07) is 16.4. The molecule has 0 spiro atoms. The van der Waals surface area contributed by atoms with Crippen LogP contribution >= 0.6 is 15.6 Å². The smallest absolute Gasteiger partial charge is 0.302 e. The number of benzene rings is 4. The van der Waals surface area contributed by atoms with E-state index in [1.807, 2.05) is 42.5 Å². The van der Waals surface area contributed by atoms with Gasteiger partial charge in [0.2, 0.25) is 0 Å². The minimum atomic E-state index is -5.27. The quantitative estimate of drug-likeness (QED) is 0.272. The Hall–Kier alpha value is -1.87. The van der Waals surface area contributed by atoms with Gasteiger partial charge in [0.15, 0.2) is 9.84 Å². The molecule has 0 aromatic heterocycles. The van der Waals surface area contributed by atoms with Gasteiger partial charge in [-0.15, -0.1) is 0 Å². The predicted octanol–water partition coefficient (Wildman–Crippen LogP) is 3.58. The largest absolute Gasteiger partial charge is 0.481 e. The van der Waals surface area contributed by atoms with E-state index in [2.05, 4.69) is 8.83 Å². The molecule has 4 aromatic rings. The predicted molar refractivity (Wildman–Crippen MR) is 111 cm³/mol. The third kappa shape index (κ3) is 4.27. The third-order valence-electron chi connectivity index (χ3n) is 4.61. The lowest BCUT2D eigenvalue weighted by Gasteiger charge is -2.14. The van der Waals surface area contributed by atoms with Crippen LogP contribution in [0.25, 0.3) is 32.3 Å². The minimum Gasteiger partial charge on any atom is -0.302 e. The second-order valence-electron chi connectivity index (χ2n) is 6.65. The van der Waals surface area contributed by atoms with Gasteiger partial charge in [-0.25, -0.2) is 17.5 Å². The normalized spacial score (nSPS) is 15.2.